The van der Waals surface area contributed by atoms with Crippen molar-refractivity contribution in [3.8, 4) is 5.75 Å². The Morgan fingerprint density at radius 2 is 1.95 bits per heavy atom. The number of halogens is 1. The number of hydrogen-bond donors (Lipinski definition) is 1. The largest absolute Gasteiger partial charge is 0.482 e. The molecule has 1 N–H and O–H groups in total. The summed E-state index contributed by atoms with van der Waals surface area (Å²) in [6.07, 6.45) is 0. The van der Waals surface area contributed by atoms with E-state index < -0.39 is 5.97 Å². The normalized spacial score (nSPS) is 13.5. The van der Waals surface area contributed by atoms with Gasteiger partial charge in [-0.2, -0.15) is 0 Å². The maximum Gasteiger partial charge on any atom is 0.335 e. The van der Waals surface area contributed by atoms with Crippen LogP contribution in [0.5, 0.6) is 5.75 Å². The number of hydrogen-bond acceptors (Lipinski definition) is 3. The minimum atomic E-state index is -1.04. The Bertz CT molecular complexity index is 742. The Kier molecular flexibility index (Phi) is 3.85. The first kappa shape index (κ1) is 14.6. The molecule has 6 heteroatoms. The average molecular weight is 362 g/mol. The lowest BCUT2D eigenvalue weighted by Crippen LogP contribution is -2.38. The van der Waals surface area contributed by atoms with E-state index in [0.717, 1.165) is 10.0 Å². The second-order valence-electron chi connectivity index (χ2n) is 4.88. The number of rotatable bonds is 3. The second-order valence-corrected chi connectivity index (χ2v) is 5.80. The minimum absolute atomic E-state index is 0.0457. The SMILES string of the molecule is O=C(O)c1ccc2c(c1)N(Cc1ccc(Br)cc1)C(=O)CO2. The second kappa shape index (κ2) is 5.81. The number of anilines is 1. The molecule has 0 fully saturated rings. The van der Waals surface area contributed by atoms with Crippen LogP contribution in [0.4, 0.5) is 5.69 Å². The summed E-state index contributed by atoms with van der Waals surface area (Å²) < 4.78 is 6.32. The van der Waals surface area contributed by atoms with Crippen LogP contribution < -0.4 is 9.64 Å². The molecule has 1 amide bonds. The highest BCUT2D eigenvalue weighted by atomic mass is 79.9. The van der Waals surface area contributed by atoms with E-state index >= 15 is 0 Å². The maximum absolute atomic E-state index is 12.2. The molecule has 22 heavy (non-hydrogen) atoms. The molecule has 0 unspecified atom stereocenters. The van der Waals surface area contributed by atoms with E-state index in [1.165, 1.54) is 12.1 Å². The molecule has 5 nitrogen and oxygen atoms in total. The molecule has 0 saturated carbocycles. The summed E-state index contributed by atoms with van der Waals surface area (Å²) in [5.41, 5.74) is 1.56. The molecule has 0 spiro atoms. The van der Waals surface area contributed by atoms with Gasteiger partial charge in [0.2, 0.25) is 0 Å². The summed E-state index contributed by atoms with van der Waals surface area (Å²) in [6.45, 7) is 0.321. The van der Waals surface area contributed by atoms with E-state index in [9.17, 15) is 9.59 Å². The van der Waals surface area contributed by atoms with E-state index in [1.807, 2.05) is 24.3 Å². The Morgan fingerprint density at radius 1 is 1.23 bits per heavy atom. The quantitative estimate of drug-likeness (QED) is 0.912. The fourth-order valence-electron chi connectivity index (χ4n) is 2.28. The number of fused-ring (bicyclic) bond motifs is 1. The zero-order valence-electron chi connectivity index (χ0n) is 11.5. The molecule has 0 saturated heterocycles. The third kappa shape index (κ3) is 2.82. The molecule has 2 aromatic rings. The van der Waals surface area contributed by atoms with Crippen LogP contribution in [0.2, 0.25) is 0 Å². The Balaban J connectivity index is 1.97. The number of ether oxygens (including phenoxy) is 1. The standard InChI is InChI=1S/C16H12BrNO4/c17-12-4-1-10(2-5-12)8-18-13-7-11(16(20)21)3-6-14(13)22-9-15(18)19/h1-7H,8-9H2,(H,20,21). The number of carboxylic acids is 1. The Labute approximate surface area is 135 Å². The lowest BCUT2D eigenvalue weighted by molar-refractivity contribution is -0.121. The zero-order chi connectivity index (χ0) is 15.7. The van der Waals surface area contributed by atoms with Crippen LogP contribution in [-0.4, -0.2) is 23.6 Å². The van der Waals surface area contributed by atoms with Crippen molar-refractivity contribution in [3.63, 3.8) is 0 Å². The number of carbonyl (C=O) groups is 2. The Morgan fingerprint density at radius 3 is 2.64 bits per heavy atom. The summed E-state index contributed by atoms with van der Waals surface area (Å²) in [5.74, 6) is -0.718. The van der Waals surface area contributed by atoms with Crippen molar-refractivity contribution >= 4 is 33.5 Å². The molecule has 0 radical (unpaired) electrons. The van der Waals surface area contributed by atoms with Crippen molar-refractivity contribution in [2.45, 2.75) is 6.54 Å². The summed E-state index contributed by atoms with van der Waals surface area (Å²) in [4.78, 5) is 24.8. The highest BCUT2D eigenvalue weighted by Crippen LogP contribution is 2.34. The van der Waals surface area contributed by atoms with Gasteiger partial charge in [0.25, 0.3) is 5.91 Å². The fourth-order valence-corrected chi connectivity index (χ4v) is 2.55. The van der Waals surface area contributed by atoms with E-state index in [0.29, 0.717) is 18.0 Å². The van der Waals surface area contributed by atoms with Crippen molar-refractivity contribution in [2.24, 2.45) is 0 Å². The molecule has 0 aromatic heterocycles. The van der Waals surface area contributed by atoms with E-state index in [-0.39, 0.29) is 18.1 Å². The first-order chi connectivity index (χ1) is 10.5. The van der Waals surface area contributed by atoms with Gasteiger partial charge in [-0.25, -0.2) is 4.79 Å². The van der Waals surface area contributed by atoms with Gasteiger partial charge in [0.15, 0.2) is 6.61 Å². The Hall–Kier alpha value is -2.34. The van der Waals surface area contributed by atoms with Crippen LogP contribution in [0.1, 0.15) is 15.9 Å². The van der Waals surface area contributed by atoms with Gasteiger partial charge in [-0.05, 0) is 35.9 Å². The van der Waals surface area contributed by atoms with Gasteiger partial charge in [-0.3, -0.25) is 4.79 Å². The van der Waals surface area contributed by atoms with Crippen LogP contribution in [0.3, 0.4) is 0 Å². The highest BCUT2D eigenvalue weighted by molar-refractivity contribution is 9.10. The first-order valence-electron chi connectivity index (χ1n) is 6.59. The lowest BCUT2D eigenvalue weighted by Gasteiger charge is -2.29. The fraction of sp³-hybridized carbons (Fsp3) is 0.125. The molecule has 112 valence electrons. The molecular formula is C16H12BrNO4. The molecule has 0 bridgehead atoms. The molecule has 0 atom stereocenters. The smallest absolute Gasteiger partial charge is 0.335 e. The molecule has 0 aliphatic carbocycles. The predicted octanol–water partition coefficient (Wildman–Crippen LogP) is 3.07. The van der Waals surface area contributed by atoms with E-state index in [2.05, 4.69) is 15.9 Å². The minimum Gasteiger partial charge on any atom is -0.482 e. The van der Waals surface area contributed by atoms with Crippen LogP contribution in [0, 0.1) is 0 Å². The summed E-state index contributed by atoms with van der Waals surface area (Å²) >= 11 is 3.37. The molecular weight excluding hydrogens is 350 g/mol. The topological polar surface area (TPSA) is 66.8 Å². The third-order valence-corrected chi connectivity index (χ3v) is 3.93. The molecule has 3 rings (SSSR count). The number of nitrogens with zero attached hydrogens (tertiary/aromatic N) is 1. The number of benzene rings is 2. The summed E-state index contributed by atoms with van der Waals surface area (Å²) in [7, 11) is 0. The van der Waals surface area contributed by atoms with Gasteiger partial charge < -0.3 is 14.7 Å². The molecule has 1 aliphatic rings. The predicted molar refractivity (Wildman–Crippen MR) is 84.2 cm³/mol. The van der Waals surface area contributed by atoms with Crippen molar-refractivity contribution < 1.29 is 19.4 Å². The summed E-state index contributed by atoms with van der Waals surface area (Å²) in [5, 5.41) is 9.11. The van der Waals surface area contributed by atoms with Crippen molar-refractivity contribution in [1.29, 1.82) is 0 Å². The highest BCUT2D eigenvalue weighted by Gasteiger charge is 2.26. The lowest BCUT2D eigenvalue weighted by atomic mass is 10.1. The average Bonchev–Trinajstić information content (AvgIpc) is 2.51. The van der Waals surface area contributed by atoms with Crippen molar-refractivity contribution in [2.75, 3.05) is 11.5 Å². The van der Waals surface area contributed by atoms with E-state index in [4.69, 9.17) is 9.84 Å². The number of carboxylic acid groups (broad SMARTS) is 1. The maximum atomic E-state index is 12.2. The van der Waals surface area contributed by atoms with Crippen molar-refractivity contribution in [3.05, 3.63) is 58.1 Å². The van der Waals surface area contributed by atoms with Gasteiger partial charge in [-0.1, -0.05) is 28.1 Å². The number of amides is 1. The third-order valence-electron chi connectivity index (χ3n) is 3.40. The summed E-state index contributed by atoms with van der Waals surface area (Å²) in [6, 6.07) is 12.1. The zero-order valence-corrected chi connectivity index (χ0v) is 13.0. The van der Waals surface area contributed by atoms with Crippen LogP contribution in [0.25, 0.3) is 0 Å². The molecule has 2 aromatic carbocycles. The van der Waals surface area contributed by atoms with Crippen LogP contribution in [-0.2, 0) is 11.3 Å². The van der Waals surface area contributed by atoms with Gasteiger partial charge >= 0.3 is 5.97 Å². The van der Waals surface area contributed by atoms with Gasteiger partial charge in [0.05, 0.1) is 17.8 Å². The van der Waals surface area contributed by atoms with Crippen LogP contribution >= 0.6 is 15.9 Å². The van der Waals surface area contributed by atoms with E-state index in [1.54, 1.807) is 11.0 Å². The monoisotopic (exact) mass is 361 g/mol. The molecule has 1 heterocycles. The number of aromatic carboxylic acids is 1. The van der Waals surface area contributed by atoms with Crippen LogP contribution in [0.15, 0.2) is 46.9 Å². The number of carbonyl (C=O) groups excluding carboxylic acids is 1. The first-order valence-corrected chi connectivity index (χ1v) is 7.39. The van der Waals surface area contributed by atoms with Gasteiger partial charge in [0.1, 0.15) is 5.75 Å². The van der Waals surface area contributed by atoms with Gasteiger partial charge in [0, 0.05) is 4.47 Å². The van der Waals surface area contributed by atoms with Gasteiger partial charge in [-0.15, -0.1) is 0 Å². The van der Waals surface area contributed by atoms with Crippen molar-refractivity contribution in [1.82, 2.24) is 0 Å². The molecule has 1 aliphatic heterocycles.